The summed E-state index contributed by atoms with van der Waals surface area (Å²) in [5.41, 5.74) is 8.71. The number of nitrogens with two attached hydrogens (primary N) is 1. The first-order valence-corrected chi connectivity index (χ1v) is 11.5. The summed E-state index contributed by atoms with van der Waals surface area (Å²) >= 11 is 0. The highest BCUT2D eigenvalue weighted by Gasteiger charge is 2.28. The fraction of sp³-hybridized carbons (Fsp3) is 0.308. The molecule has 2 aromatic carbocycles. The predicted octanol–water partition coefficient (Wildman–Crippen LogP) is 1.05. The van der Waals surface area contributed by atoms with Crippen LogP contribution in [0.15, 0.2) is 60.7 Å². The van der Waals surface area contributed by atoms with Gasteiger partial charge in [-0.1, -0.05) is 67.6 Å². The lowest BCUT2D eigenvalue weighted by Gasteiger charge is -2.23. The Hall–Kier alpha value is -4.54. The van der Waals surface area contributed by atoms with E-state index in [0.29, 0.717) is 10.6 Å². The zero-order valence-corrected chi connectivity index (χ0v) is 20.6. The third kappa shape index (κ3) is 9.92. The molecule has 0 aliphatic heterocycles. The van der Waals surface area contributed by atoms with Gasteiger partial charge in [-0.05, 0) is 18.1 Å². The molecular weight excluding hydrogens is 480 g/mol. The quantitative estimate of drug-likeness (QED) is 0.284. The van der Waals surface area contributed by atoms with E-state index in [9.17, 15) is 28.8 Å². The fourth-order valence-corrected chi connectivity index (χ4v) is 3.16. The third-order valence-electron chi connectivity index (χ3n) is 5.24. The molecule has 11 heteroatoms. The highest BCUT2D eigenvalue weighted by atomic mass is 16.5. The van der Waals surface area contributed by atoms with E-state index in [1.807, 2.05) is 6.07 Å². The maximum atomic E-state index is 12.6. The number of hydrogen-bond acceptors (Lipinski definition) is 7. The van der Waals surface area contributed by atoms with E-state index >= 15 is 0 Å². The molecule has 37 heavy (non-hydrogen) atoms. The predicted molar refractivity (Wildman–Crippen MR) is 132 cm³/mol. The molecule has 196 valence electrons. The van der Waals surface area contributed by atoms with Crippen molar-refractivity contribution in [3.63, 3.8) is 0 Å². The van der Waals surface area contributed by atoms with Crippen LogP contribution in [-0.4, -0.2) is 53.0 Å². The average molecular weight is 511 g/mol. The molecule has 0 unspecified atom stereocenters. The summed E-state index contributed by atoms with van der Waals surface area (Å²) in [4.78, 5) is 73.5. The zero-order valence-electron chi connectivity index (χ0n) is 20.6. The lowest BCUT2D eigenvalue weighted by molar-refractivity contribution is -0.151. The summed E-state index contributed by atoms with van der Waals surface area (Å²) in [6.45, 7) is 2.17. The topological polar surface area (TPSA) is 165 Å². The number of hydrogen-bond donors (Lipinski definition) is 3. The number of carbonyl (C=O) groups excluding carboxylic acids is 6. The average Bonchev–Trinajstić information content (AvgIpc) is 2.87. The summed E-state index contributed by atoms with van der Waals surface area (Å²) in [6, 6.07) is 16.5. The zero-order chi connectivity index (χ0) is 27.4. The van der Waals surface area contributed by atoms with Crippen molar-refractivity contribution in [2.75, 3.05) is 6.54 Å². The van der Waals surface area contributed by atoms with Crippen molar-refractivity contribution in [2.24, 2.45) is 11.7 Å². The van der Waals surface area contributed by atoms with Crippen LogP contribution in [0.5, 0.6) is 0 Å². The molecule has 0 heterocycles. The maximum Gasteiger partial charge on any atom is 0.408 e. The Labute approximate surface area is 214 Å². The molecule has 0 fully saturated rings. The Morgan fingerprint density at radius 1 is 0.892 bits per heavy atom. The second kappa shape index (κ2) is 14.1. The standard InChI is InChI=1S/C26H30N4O7/c1-17(13-21(31)18(2)28-26(36)37-16-20-11-7-4-8-12-20)24(34)29-30(15-23(27)33)25(35)22(32)14-19-9-5-3-6-10-19/h3-12,17-18H,13-16H2,1-2H3,(H2,27,33)(H,28,36)(H,29,34)/t17-,18+/m1/s1. The number of rotatable bonds is 12. The highest BCUT2D eigenvalue weighted by molar-refractivity contribution is 6.36. The Balaban J connectivity index is 1.88. The van der Waals surface area contributed by atoms with Crippen LogP contribution in [0, 0.1) is 5.92 Å². The van der Waals surface area contributed by atoms with Crippen molar-refractivity contribution < 1.29 is 33.5 Å². The molecule has 0 aliphatic rings. The third-order valence-corrected chi connectivity index (χ3v) is 5.24. The minimum atomic E-state index is -1.12. The first-order chi connectivity index (χ1) is 17.6. The SMILES string of the molecule is C[C@H](CC(=O)[C@H](C)NC(=O)OCc1ccccc1)C(=O)NN(CC(N)=O)C(=O)C(=O)Cc1ccccc1. The van der Waals surface area contributed by atoms with Crippen molar-refractivity contribution in [3.05, 3.63) is 71.8 Å². The summed E-state index contributed by atoms with van der Waals surface area (Å²) in [6.07, 6.45) is -1.32. The van der Waals surface area contributed by atoms with Gasteiger partial charge >= 0.3 is 12.0 Å². The molecular formula is C26H30N4O7. The highest BCUT2D eigenvalue weighted by Crippen LogP contribution is 2.08. The molecule has 0 aromatic heterocycles. The first kappa shape index (κ1) is 28.7. The van der Waals surface area contributed by atoms with E-state index in [4.69, 9.17) is 10.5 Å². The van der Waals surface area contributed by atoms with Crippen molar-refractivity contribution in [1.82, 2.24) is 15.8 Å². The summed E-state index contributed by atoms with van der Waals surface area (Å²) in [7, 11) is 0. The smallest absolute Gasteiger partial charge is 0.408 e. The fourth-order valence-electron chi connectivity index (χ4n) is 3.16. The number of carbonyl (C=O) groups is 6. The van der Waals surface area contributed by atoms with E-state index in [1.54, 1.807) is 54.6 Å². The van der Waals surface area contributed by atoms with E-state index in [0.717, 1.165) is 5.56 Å². The van der Waals surface area contributed by atoms with Gasteiger partial charge in [-0.2, -0.15) is 0 Å². The lowest BCUT2D eigenvalue weighted by atomic mass is 10.0. The Kier molecular flexibility index (Phi) is 11.0. The molecule has 2 aromatic rings. The number of nitrogens with one attached hydrogen (secondary N) is 2. The molecule has 0 aliphatic carbocycles. The van der Waals surface area contributed by atoms with E-state index in [1.165, 1.54) is 13.8 Å². The van der Waals surface area contributed by atoms with Crippen LogP contribution < -0.4 is 16.5 Å². The van der Waals surface area contributed by atoms with Gasteiger partial charge in [0.1, 0.15) is 13.2 Å². The van der Waals surface area contributed by atoms with Crippen LogP contribution in [0.3, 0.4) is 0 Å². The molecule has 11 nitrogen and oxygen atoms in total. The number of alkyl carbamates (subject to hydrolysis) is 1. The number of hydrazine groups is 1. The largest absolute Gasteiger partial charge is 0.445 e. The van der Waals surface area contributed by atoms with Crippen molar-refractivity contribution >= 4 is 35.4 Å². The molecule has 0 bridgehead atoms. The summed E-state index contributed by atoms with van der Waals surface area (Å²) in [5, 5.41) is 2.95. The van der Waals surface area contributed by atoms with Gasteiger partial charge < -0.3 is 15.8 Å². The van der Waals surface area contributed by atoms with Crippen LogP contribution in [0.2, 0.25) is 0 Å². The molecule has 4 N–H and O–H groups in total. The second-order valence-corrected chi connectivity index (χ2v) is 8.42. The monoisotopic (exact) mass is 510 g/mol. The van der Waals surface area contributed by atoms with Gasteiger partial charge in [0.05, 0.1) is 6.04 Å². The number of primary amides is 1. The molecule has 0 saturated heterocycles. The lowest BCUT2D eigenvalue weighted by Crippen LogP contribution is -2.54. The van der Waals surface area contributed by atoms with Gasteiger partial charge in [0, 0.05) is 18.8 Å². The van der Waals surface area contributed by atoms with Crippen molar-refractivity contribution in [2.45, 2.75) is 39.3 Å². The molecule has 0 saturated carbocycles. The second-order valence-electron chi connectivity index (χ2n) is 8.42. The van der Waals surface area contributed by atoms with Gasteiger partial charge in [0.2, 0.25) is 17.6 Å². The van der Waals surface area contributed by atoms with Gasteiger partial charge in [-0.25, -0.2) is 9.80 Å². The number of benzene rings is 2. The minimum Gasteiger partial charge on any atom is -0.445 e. The first-order valence-electron chi connectivity index (χ1n) is 11.5. The van der Waals surface area contributed by atoms with Crippen molar-refractivity contribution in [3.8, 4) is 0 Å². The van der Waals surface area contributed by atoms with Gasteiger partial charge in [0.15, 0.2) is 5.78 Å². The Bertz CT molecular complexity index is 1120. The van der Waals surface area contributed by atoms with Crippen LogP contribution in [0.1, 0.15) is 31.4 Å². The van der Waals surface area contributed by atoms with Crippen LogP contribution in [-0.2, 0) is 41.7 Å². The minimum absolute atomic E-state index is 0.0269. The number of nitrogens with zero attached hydrogens (tertiary/aromatic N) is 1. The molecule has 0 spiro atoms. The van der Waals surface area contributed by atoms with Crippen LogP contribution in [0.4, 0.5) is 4.79 Å². The summed E-state index contributed by atoms with van der Waals surface area (Å²) in [5.74, 6) is -5.13. The van der Waals surface area contributed by atoms with Crippen LogP contribution in [0.25, 0.3) is 0 Å². The van der Waals surface area contributed by atoms with Crippen molar-refractivity contribution in [1.29, 1.82) is 0 Å². The van der Waals surface area contributed by atoms with Gasteiger partial charge in [0.25, 0.3) is 0 Å². The Morgan fingerprint density at radius 3 is 2.03 bits per heavy atom. The number of amides is 4. The van der Waals surface area contributed by atoms with E-state index in [-0.39, 0.29) is 19.4 Å². The van der Waals surface area contributed by atoms with Gasteiger partial charge in [-0.3, -0.25) is 29.4 Å². The molecule has 4 amide bonds. The molecule has 2 rings (SSSR count). The van der Waals surface area contributed by atoms with Crippen LogP contribution >= 0.6 is 0 Å². The Morgan fingerprint density at radius 2 is 1.46 bits per heavy atom. The maximum absolute atomic E-state index is 12.6. The molecule has 2 atom stereocenters. The van der Waals surface area contributed by atoms with Gasteiger partial charge in [-0.15, -0.1) is 0 Å². The number of Topliss-reactive ketones (excluding diaryl/α,β-unsaturated/α-hetero) is 2. The summed E-state index contributed by atoms with van der Waals surface area (Å²) < 4.78 is 5.08. The van der Waals surface area contributed by atoms with E-state index < -0.39 is 53.9 Å². The number of ketones is 2. The van der Waals surface area contributed by atoms with E-state index in [2.05, 4.69) is 10.7 Å². The number of ether oxygens (including phenoxy) is 1. The normalized spacial score (nSPS) is 11.9. The molecule has 0 radical (unpaired) electrons.